The van der Waals surface area contributed by atoms with Crippen molar-refractivity contribution in [3.8, 4) is 0 Å². The summed E-state index contributed by atoms with van der Waals surface area (Å²) in [4.78, 5) is 17.0. The molecule has 3 rings (SSSR count). The summed E-state index contributed by atoms with van der Waals surface area (Å²) in [6.07, 6.45) is 4.89. The van der Waals surface area contributed by atoms with Gasteiger partial charge in [-0.2, -0.15) is 0 Å². The molecule has 0 unspecified atom stereocenters. The van der Waals surface area contributed by atoms with E-state index in [1.54, 1.807) is 0 Å². The fraction of sp³-hybridized carbons (Fsp3) is 0.650. The van der Waals surface area contributed by atoms with Crippen LogP contribution < -0.4 is 10.2 Å². The second-order valence-corrected chi connectivity index (χ2v) is 7.46. The Kier molecular flexibility index (Phi) is 6.32. The molecule has 138 valence electrons. The Hall–Kier alpha value is -1.59. The van der Waals surface area contributed by atoms with Crippen LogP contribution in [0.1, 0.15) is 31.2 Å². The lowest BCUT2D eigenvalue weighted by Crippen LogP contribution is -2.49. The highest BCUT2D eigenvalue weighted by Gasteiger charge is 2.27. The Morgan fingerprint density at radius 3 is 2.36 bits per heavy atom. The van der Waals surface area contributed by atoms with Gasteiger partial charge in [-0.1, -0.05) is 12.1 Å². The van der Waals surface area contributed by atoms with Crippen molar-refractivity contribution < 1.29 is 9.53 Å². The minimum atomic E-state index is 0.141. The molecule has 1 aromatic carbocycles. The van der Waals surface area contributed by atoms with Gasteiger partial charge in [0.2, 0.25) is 5.91 Å². The van der Waals surface area contributed by atoms with Crippen molar-refractivity contribution in [1.29, 1.82) is 0 Å². The molecule has 0 atom stereocenters. The van der Waals surface area contributed by atoms with Gasteiger partial charge in [0.25, 0.3) is 0 Å². The van der Waals surface area contributed by atoms with E-state index in [0.29, 0.717) is 18.5 Å². The molecule has 2 aliphatic rings. The van der Waals surface area contributed by atoms with E-state index in [4.69, 9.17) is 4.74 Å². The normalized spacial score (nSPS) is 20.4. The zero-order chi connectivity index (χ0) is 17.6. The second kappa shape index (κ2) is 8.68. The van der Waals surface area contributed by atoms with Gasteiger partial charge in [-0.05, 0) is 43.4 Å². The van der Waals surface area contributed by atoms with Crippen molar-refractivity contribution in [1.82, 2.24) is 10.2 Å². The number of likely N-dealkylation sites (tertiary alicyclic amines) is 1. The molecule has 2 saturated heterocycles. The molecule has 5 nitrogen and oxygen atoms in total. The predicted molar refractivity (Wildman–Crippen MR) is 101 cm³/mol. The lowest BCUT2D eigenvalue weighted by Gasteiger charge is -2.39. The number of nitrogens with zero attached hydrogens (tertiary/aromatic N) is 2. The van der Waals surface area contributed by atoms with Gasteiger partial charge < -0.3 is 19.9 Å². The first-order valence-electron chi connectivity index (χ1n) is 9.49. The number of hydrogen-bond acceptors (Lipinski definition) is 4. The fourth-order valence-corrected chi connectivity index (χ4v) is 3.84. The molecule has 0 saturated carbocycles. The number of amides is 1. The SMILES string of the molecule is CN(C)c1ccc(CC(=O)NC2CCN(C3CCOCC3)CC2)cc1. The first-order valence-corrected chi connectivity index (χ1v) is 9.49. The van der Waals surface area contributed by atoms with E-state index in [0.717, 1.165) is 63.2 Å². The van der Waals surface area contributed by atoms with Crippen molar-refractivity contribution in [3.63, 3.8) is 0 Å². The molecule has 1 amide bonds. The van der Waals surface area contributed by atoms with Crippen LogP contribution in [0.25, 0.3) is 0 Å². The van der Waals surface area contributed by atoms with E-state index in [-0.39, 0.29) is 5.91 Å². The number of piperidine rings is 1. The molecule has 1 aromatic rings. The van der Waals surface area contributed by atoms with E-state index in [1.807, 2.05) is 26.2 Å². The zero-order valence-electron chi connectivity index (χ0n) is 15.5. The number of carbonyl (C=O) groups is 1. The number of anilines is 1. The lowest BCUT2D eigenvalue weighted by atomic mass is 9.99. The summed E-state index contributed by atoms with van der Waals surface area (Å²) in [6, 6.07) is 9.22. The third-order valence-corrected chi connectivity index (χ3v) is 5.42. The summed E-state index contributed by atoms with van der Waals surface area (Å²) in [7, 11) is 4.04. The number of nitrogens with one attached hydrogen (secondary N) is 1. The highest BCUT2D eigenvalue weighted by Crippen LogP contribution is 2.20. The van der Waals surface area contributed by atoms with E-state index < -0.39 is 0 Å². The summed E-state index contributed by atoms with van der Waals surface area (Å²) < 4.78 is 5.45. The van der Waals surface area contributed by atoms with Gasteiger partial charge in [-0.25, -0.2) is 0 Å². The van der Waals surface area contributed by atoms with Crippen LogP contribution >= 0.6 is 0 Å². The maximum atomic E-state index is 12.3. The summed E-state index contributed by atoms with van der Waals surface area (Å²) in [5, 5.41) is 3.23. The Morgan fingerprint density at radius 2 is 1.76 bits per heavy atom. The molecule has 0 aromatic heterocycles. The molecule has 25 heavy (non-hydrogen) atoms. The van der Waals surface area contributed by atoms with Gasteiger partial charge in [-0.3, -0.25) is 4.79 Å². The maximum Gasteiger partial charge on any atom is 0.224 e. The molecule has 2 fully saturated rings. The summed E-state index contributed by atoms with van der Waals surface area (Å²) >= 11 is 0. The Balaban J connectivity index is 1.41. The third kappa shape index (κ3) is 5.19. The first kappa shape index (κ1) is 18.2. The van der Waals surface area contributed by atoms with Gasteiger partial charge in [0.15, 0.2) is 0 Å². The first-order chi connectivity index (χ1) is 12.1. The smallest absolute Gasteiger partial charge is 0.224 e. The molecule has 1 N–H and O–H groups in total. The average Bonchev–Trinajstić information content (AvgIpc) is 2.63. The predicted octanol–water partition coefficient (Wildman–Crippen LogP) is 2.05. The van der Waals surface area contributed by atoms with Crippen LogP contribution in [0, 0.1) is 0 Å². The van der Waals surface area contributed by atoms with Crippen LogP contribution in [0.4, 0.5) is 5.69 Å². The monoisotopic (exact) mass is 345 g/mol. The van der Waals surface area contributed by atoms with Crippen molar-refractivity contribution in [2.45, 2.75) is 44.2 Å². The van der Waals surface area contributed by atoms with Crippen molar-refractivity contribution in [2.24, 2.45) is 0 Å². The molecular formula is C20H31N3O2. The molecule has 2 heterocycles. The summed E-state index contributed by atoms with van der Waals surface area (Å²) in [6.45, 7) is 3.97. The van der Waals surface area contributed by atoms with Gasteiger partial charge in [0.1, 0.15) is 0 Å². The zero-order valence-corrected chi connectivity index (χ0v) is 15.5. The number of carbonyl (C=O) groups excluding carboxylic acids is 1. The Labute approximate surface area is 151 Å². The van der Waals surface area contributed by atoms with Gasteiger partial charge in [0.05, 0.1) is 6.42 Å². The Bertz CT molecular complexity index is 545. The minimum absolute atomic E-state index is 0.141. The van der Waals surface area contributed by atoms with E-state index >= 15 is 0 Å². The van der Waals surface area contributed by atoms with Crippen molar-refractivity contribution >= 4 is 11.6 Å². The number of benzene rings is 1. The molecule has 5 heteroatoms. The van der Waals surface area contributed by atoms with Crippen molar-refractivity contribution in [2.75, 3.05) is 45.3 Å². The molecule has 0 bridgehead atoms. The number of hydrogen-bond donors (Lipinski definition) is 1. The van der Waals surface area contributed by atoms with Crippen LogP contribution in [0.2, 0.25) is 0 Å². The fourth-order valence-electron chi connectivity index (χ4n) is 3.84. The van der Waals surface area contributed by atoms with Crippen LogP contribution in [0.5, 0.6) is 0 Å². The highest BCUT2D eigenvalue weighted by atomic mass is 16.5. The lowest BCUT2D eigenvalue weighted by molar-refractivity contribution is -0.121. The van der Waals surface area contributed by atoms with E-state index in [9.17, 15) is 4.79 Å². The van der Waals surface area contributed by atoms with Crippen LogP contribution in [0.3, 0.4) is 0 Å². The van der Waals surface area contributed by atoms with Crippen LogP contribution in [0.15, 0.2) is 24.3 Å². The largest absolute Gasteiger partial charge is 0.381 e. The molecular weight excluding hydrogens is 314 g/mol. The number of ether oxygens (including phenoxy) is 1. The van der Waals surface area contributed by atoms with E-state index in [2.05, 4.69) is 27.2 Å². The summed E-state index contributed by atoms with van der Waals surface area (Å²) in [5.74, 6) is 0.141. The topological polar surface area (TPSA) is 44.8 Å². The van der Waals surface area contributed by atoms with Crippen molar-refractivity contribution in [3.05, 3.63) is 29.8 Å². The maximum absolute atomic E-state index is 12.3. The molecule has 0 aliphatic carbocycles. The average molecular weight is 345 g/mol. The summed E-state index contributed by atoms with van der Waals surface area (Å²) in [5.41, 5.74) is 2.23. The molecule has 0 radical (unpaired) electrons. The van der Waals surface area contributed by atoms with Crippen LogP contribution in [-0.2, 0) is 16.0 Å². The van der Waals surface area contributed by atoms with Gasteiger partial charge in [0, 0.05) is 58.2 Å². The highest BCUT2D eigenvalue weighted by molar-refractivity contribution is 5.79. The number of rotatable bonds is 5. The Morgan fingerprint density at radius 1 is 1.12 bits per heavy atom. The standard InChI is InChI=1S/C20H31N3O2/c1-22(2)18-5-3-16(4-6-18)15-20(24)21-17-7-11-23(12-8-17)19-9-13-25-14-10-19/h3-6,17,19H,7-15H2,1-2H3,(H,21,24). The van der Waals surface area contributed by atoms with Gasteiger partial charge in [-0.15, -0.1) is 0 Å². The molecule has 0 spiro atoms. The van der Waals surface area contributed by atoms with E-state index in [1.165, 1.54) is 0 Å². The second-order valence-electron chi connectivity index (χ2n) is 7.46. The third-order valence-electron chi connectivity index (χ3n) is 5.42. The van der Waals surface area contributed by atoms with Gasteiger partial charge >= 0.3 is 0 Å². The molecule has 2 aliphatic heterocycles. The van der Waals surface area contributed by atoms with Crippen LogP contribution in [-0.4, -0.2) is 63.3 Å². The quantitative estimate of drug-likeness (QED) is 0.887. The minimum Gasteiger partial charge on any atom is -0.381 e.